The summed E-state index contributed by atoms with van der Waals surface area (Å²) >= 11 is 6.12. The first-order valence-corrected chi connectivity index (χ1v) is 8.39. The topological polar surface area (TPSA) is 55.4 Å². The lowest BCUT2D eigenvalue weighted by Gasteiger charge is -2.16. The van der Waals surface area contributed by atoms with Crippen molar-refractivity contribution in [3.05, 3.63) is 0 Å². The molecule has 3 atom stereocenters. The fourth-order valence-electron chi connectivity index (χ4n) is 2.53. The van der Waals surface area contributed by atoms with E-state index in [1.165, 1.54) is 0 Å². The van der Waals surface area contributed by atoms with Crippen LogP contribution in [0.4, 0.5) is 0 Å². The third kappa shape index (κ3) is 4.09. The van der Waals surface area contributed by atoms with E-state index < -0.39 is 10.0 Å². The van der Waals surface area contributed by atoms with E-state index in [4.69, 9.17) is 16.3 Å². The second kappa shape index (κ2) is 5.87. The van der Waals surface area contributed by atoms with Gasteiger partial charge in [-0.15, -0.1) is 11.6 Å². The molecule has 1 aliphatic carbocycles. The number of nitrogens with one attached hydrogen (secondary N) is 1. The van der Waals surface area contributed by atoms with Crippen LogP contribution in [-0.4, -0.2) is 38.8 Å². The van der Waals surface area contributed by atoms with Crippen molar-refractivity contribution in [1.82, 2.24) is 4.72 Å². The first-order valence-electron chi connectivity index (χ1n) is 6.30. The largest absolute Gasteiger partial charge is 0.377 e. The third-order valence-electron chi connectivity index (χ3n) is 3.56. The Morgan fingerprint density at radius 2 is 2.06 bits per heavy atom. The summed E-state index contributed by atoms with van der Waals surface area (Å²) in [5.41, 5.74) is 0. The van der Waals surface area contributed by atoms with Gasteiger partial charge in [-0.05, 0) is 31.6 Å². The van der Waals surface area contributed by atoms with Gasteiger partial charge in [0.1, 0.15) is 0 Å². The molecule has 6 heteroatoms. The molecule has 2 fully saturated rings. The van der Waals surface area contributed by atoms with Gasteiger partial charge in [-0.1, -0.05) is 6.42 Å². The molecule has 0 aromatic rings. The maximum atomic E-state index is 11.8. The van der Waals surface area contributed by atoms with Crippen LogP contribution in [0, 0.1) is 5.92 Å². The standard InChI is InChI=1S/C11H20ClNO3S/c12-11-5-1-3-9(11)7-13-17(14,15)8-10-4-2-6-16-10/h9-11,13H,1-8H2. The van der Waals surface area contributed by atoms with Gasteiger partial charge in [0.15, 0.2) is 0 Å². The summed E-state index contributed by atoms with van der Waals surface area (Å²) in [6.45, 7) is 1.16. The molecule has 2 aliphatic rings. The quantitative estimate of drug-likeness (QED) is 0.777. The summed E-state index contributed by atoms with van der Waals surface area (Å²) in [4.78, 5) is 0. The number of sulfonamides is 1. The van der Waals surface area contributed by atoms with Crippen molar-refractivity contribution in [3.8, 4) is 0 Å². The Morgan fingerprint density at radius 3 is 2.65 bits per heavy atom. The molecule has 0 aromatic carbocycles. The number of hydrogen-bond donors (Lipinski definition) is 1. The van der Waals surface area contributed by atoms with Crippen LogP contribution < -0.4 is 4.72 Å². The van der Waals surface area contributed by atoms with E-state index >= 15 is 0 Å². The summed E-state index contributed by atoms with van der Waals surface area (Å²) in [7, 11) is -3.21. The first-order chi connectivity index (χ1) is 8.07. The second-order valence-corrected chi connectivity index (χ2v) is 7.38. The molecule has 0 radical (unpaired) electrons. The van der Waals surface area contributed by atoms with Crippen LogP contribution >= 0.6 is 11.6 Å². The molecule has 0 amide bonds. The number of halogens is 1. The number of alkyl halides is 1. The predicted molar refractivity (Wildman–Crippen MR) is 67.7 cm³/mol. The van der Waals surface area contributed by atoms with E-state index in [0.717, 1.165) is 32.1 Å². The van der Waals surface area contributed by atoms with Gasteiger partial charge in [-0.2, -0.15) is 0 Å². The smallest absolute Gasteiger partial charge is 0.214 e. The maximum absolute atomic E-state index is 11.8. The Bertz CT molecular complexity index is 341. The third-order valence-corrected chi connectivity index (χ3v) is 5.55. The van der Waals surface area contributed by atoms with Crippen molar-refractivity contribution in [2.24, 2.45) is 5.92 Å². The Hall–Kier alpha value is 0.160. The highest BCUT2D eigenvalue weighted by molar-refractivity contribution is 7.89. The minimum absolute atomic E-state index is 0.0900. The number of rotatable bonds is 5. The molecule has 1 aliphatic heterocycles. The van der Waals surface area contributed by atoms with Gasteiger partial charge in [0.2, 0.25) is 10.0 Å². The monoisotopic (exact) mass is 281 g/mol. The highest BCUT2D eigenvalue weighted by atomic mass is 35.5. The molecule has 4 nitrogen and oxygen atoms in total. The van der Waals surface area contributed by atoms with Crippen LogP contribution in [0.25, 0.3) is 0 Å². The lowest BCUT2D eigenvalue weighted by molar-refractivity contribution is 0.127. The maximum Gasteiger partial charge on any atom is 0.214 e. The van der Waals surface area contributed by atoms with Gasteiger partial charge >= 0.3 is 0 Å². The summed E-state index contributed by atoms with van der Waals surface area (Å²) < 4.78 is 31.6. The molecule has 17 heavy (non-hydrogen) atoms. The van der Waals surface area contributed by atoms with Gasteiger partial charge in [-0.25, -0.2) is 13.1 Å². The SMILES string of the molecule is O=S(=O)(CC1CCCO1)NCC1CCCC1Cl. The number of hydrogen-bond acceptors (Lipinski definition) is 3. The molecule has 0 spiro atoms. The van der Waals surface area contributed by atoms with Gasteiger partial charge in [0, 0.05) is 18.5 Å². The van der Waals surface area contributed by atoms with E-state index in [1.54, 1.807) is 0 Å². The lowest BCUT2D eigenvalue weighted by Crippen LogP contribution is -2.36. The molecule has 3 unspecified atom stereocenters. The van der Waals surface area contributed by atoms with Crippen molar-refractivity contribution in [1.29, 1.82) is 0 Å². The van der Waals surface area contributed by atoms with Crippen molar-refractivity contribution >= 4 is 21.6 Å². The van der Waals surface area contributed by atoms with Crippen LogP contribution in [0.1, 0.15) is 32.1 Å². The highest BCUT2D eigenvalue weighted by Gasteiger charge is 2.28. The second-order valence-electron chi connectivity index (χ2n) is 4.97. The molecular weight excluding hydrogens is 262 g/mol. The van der Waals surface area contributed by atoms with Gasteiger partial charge < -0.3 is 4.74 Å². The Kier molecular flexibility index (Phi) is 4.69. The fourth-order valence-corrected chi connectivity index (χ4v) is 4.24. The van der Waals surface area contributed by atoms with Crippen LogP contribution in [0.3, 0.4) is 0 Å². The molecule has 1 N–H and O–H groups in total. The Balaban J connectivity index is 1.76. The number of ether oxygens (including phenoxy) is 1. The molecule has 0 bridgehead atoms. The van der Waals surface area contributed by atoms with Crippen LogP contribution in [0.5, 0.6) is 0 Å². The van der Waals surface area contributed by atoms with Crippen LogP contribution in [0.2, 0.25) is 0 Å². The molecule has 0 aromatic heterocycles. The zero-order chi connectivity index (χ0) is 12.3. The highest BCUT2D eigenvalue weighted by Crippen LogP contribution is 2.29. The fraction of sp³-hybridized carbons (Fsp3) is 1.00. The first kappa shape index (κ1) is 13.6. The van der Waals surface area contributed by atoms with Crippen LogP contribution in [-0.2, 0) is 14.8 Å². The lowest BCUT2D eigenvalue weighted by atomic mass is 10.1. The van der Waals surface area contributed by atoms with Crippen LogP contribution in [0.15, 0.2) is 0 Å². The zero-order valence-electron chi connectivity index (χ0n) is 9.90. The molecule has 1 saturated carbocycles. The van der Waals surface area contributed by atoms with Gasteiger partial charge in [-0.3, -0.25) is 0 Å². The Labute approximate surface area is 108 Å². The minimum atomic E-state index is -3.21. The van der Waals surface area contributed by atoms with Gasteiger partial charge in [0.05, 0.1) is 11.9 Å². The minimum Gasteiger partial charge on any atom is -0.377 e. The van der Waals surface area contributed by atoms with E-state index in [1.807, 2.05) is 0 Å². The van der Waals surface area contributed by atoms with E-state index in [0.29, 0.717) is 13.2 Å². The van der Waals surface area contributed by atoms with Crippen molar-refractivity contribution in [2.75, 3.05) is 18.9 Å². The van der Waals surface area contributed by atoms with Crippen molar-refractivity contribution in [2.45, 2.75) is 43.6 Å². The Morgan fingerprint density at radius 1 is 1.24 bits per heavy atom. The normalized spacial score (nSPS) is 34.3. The molecule has 1 saturated heterocycles. The van der Waals surface area contributed by atoms with E-state index in [9.17, 15) is 8.42 Å². The predicted octanol–water partition coefficient (Wildman–Crippen LogP) is 1.49. The zero-order valence-corrected chi connectivity index (χ0v) is 11.5. The average molecular weight is 282 g/mol. The molecule has 2 rings (SSSR count). The summed E-state index contributed by atoms with van der Waals surface area (Å²) in [5.74, 6) is 0.378. The van der Waals surface area contributed by atoms with E-state index in [2.05, 4.69) is 4.72 Å². The summed E-state index contributed by atoms with van der Waals surface area (Å²) in [5, 5.41) is 0.125. The molecule has 1 heterocycles. The molecule has 100 valence electrons. The average Bonchev–Trinajstić information content (AvgIpc) is 2.87. The summed E-state index contributed by atoms with van der Waals surface area (Å²) in [6, 6.07) is 0. The van der Waals surface area contributed by atoms with Crippen molar-refractivity contribution in [3.63, 3.8) is 0 Å². The molecular formula is C11H20ClNO3S. The summed E-state index contributed by atoms with van der Waals surface area (Å²) in [6.07, 6.45) is 4.82. The van der Waals surface area contributed by atoms with Gasteiger partial charge in [0.25, 0.3) is 0 Å². The van der Waals surface area contributed by atoms with Crippen molar-refractivity contribution < 1.29 is 13.2 Å². The van der Waals surface area contributed by atoms with E-state index in [-0.39, 0.29) is 23.2 Å².